The highest BCUT2D eigenvalue weighted by Crippen LogP contribution is 2.18. The first kappa shape index (κ1) is 14.2. The molecule has 1 aromatic carbocycles. The molecule has 5 heteroatoms. The van der Waals surface area contributed by atoms with Gasteiger partial charge in [-0.3, -0.25) is 4.90 Å². The van der Waals surface area contributed by atoms with E-state index in [9.17, 15) is 4.39 Å². The number of likely N-dealkylation sites (N-methyl/N-ethyl adjacent to an activating group) is 1. The van der Waals surface area contributed by atoms with Crippen LogP contribution >= 0.6 is 0 Å². The predicted molar refractivity (Wildman–Crippen MR) is 69.8 cm³/mol. The van der Waals surface area contributed by atoms with Gasteiger partial charge >= 0.3 is 0 Å². The first-order chi connectivity index (χ1) is 9.19. The summed E-state index contributed by atoms with van der Waals surface area (Å²) < 4.78 is 29.4. The molecule has 1 aliphatic heterocycles. The van der Waals surface area contributed by atoms with E-state index in [1.165, 1.54) is 13.2 Å². The zero-order valence-electron chi connectivity index (χ0n) is 11.4. The monoisotopic (exact) mass is 269 g/mol. The Morgan fingerprint density at radius 2 is 2.26 bits per heavy atom. The Morgan fingerprint density at radius 3 is 2.89 bits per heavy atom. The maximum atomic E-state index is 13.6. The number of benzene rings is 1. The number of halogens is 1. The maximum absolute atomic E-state index is 13.6. The van der Waals surface area contributed by atoms with Crippen molar-refractivity contribution >= 4 is 0 Å². The summed E-state index contributed by atoms with van der Waals surface area (Å²) in [4.78, 5) is 2.10. The van der Waals surface area contributed by atoms with Gasteiger partial charge in [-0.1, -0.05) is 6.07 Å². The molecule has 1 saturated heterocycles. The summed E-state index contributed by atoms with van der Waals surface area (Å²) in [6, 6.07) is 5.03. The molecular weight excluding hydrogens is 249 g/mol. The molecule has 1 fully saturated rings. The van der Waals surface area contributed by atoms with Gasteiger partial charge in [0.05, 0.1) is 33.0 Å². The highest BCUT2D eigenvalue weighted by atomic mass is 19.1. The Bertz CT molecular complexity index is 408. The highest BCUT2D eigenvalue weighted by molar-refractivity contribution is 5.29. The second-order valence-electron chi connectivity index (χ2n) is 4.73. The van der Waals surface area contributed by atoms with E-state index < -0.39 is 0 Å². The predicted octanol–water partition coefficient (Wildman–Crippen LogP) is 1.68. The molecule has 4 nitrogen and oxygen atoms in total. The van der Waals surface area contributed by atoms with Gasteiger partial charge in [0, 0.05) is 13.1 Å². The van der Waals surface area contributed by atoms with Crippen molar-refractivity contribution < 1.29 is 18.6 Å². The van der Waals surface area contributed by atoms with Crippen molar-refractivity contribution in [2.24, 2.45) is 0 Å². The average molecular weight is 269 g/mol. The number of nitrogens with zero attached hydrogens (tertiary/aromatic N) is 1. The minimum Gasteiger partial charge on any atom is -0.494 e. The fourth-order valence-corrected chi connectivity index (χ4v) is 2.17. The van der Waals surface area contributed by atoms with Crippen molar-refractivity contribution in [2.45, 2.75) is 12.6 Å². The Kier molecular flexibility index (Phi) is 5.13. The van der Waals surface area contributed by atoms with Crippen molar-refractivity contribution in [1.82, 2.24) is 4.90 Å². The third-order valence-corrected chi connectivity index (χ3v) is 3.07. The molecule has 1 aliphatic rings. The van der Waals surface area contributed by atoms with E-state index in [2.05, 4.69) is 4.90 Å². The number of hydrogen-bond acceptors (Lipinski definition) is 4. The van der Waals surface area contributed by atoms with E-state index in [4.69, 9.17) is 14.2 Å². The second kappa shape index (κ2) is 6.84. The van der Waals surface area contributed by atoms with Crippen LogP contribution in [0.15, 0.2) is 18.2 Å². The fourth-order valence-electron chi connectivity index (χ4n) is 2.17. The summed E-state index contributed by atoms with van der Waals surface area (Å²) >= 11 is 0. The van der Waals surface area contributed by atoms with Gasteiger partial charge in [0.25, 0.3) is 0 Å². The van der Waals surface area contributed by atoms with Crippen LogP contribution in [0.2, 0.25) is 0 Å². The Labute approximate surface area is 113 Å². The molecule has 1 heterocycles. The van der Waals surface area contributed by atoms with Crippen molar-refractivity contribution in [3.8, 4) is 5.75 Å². The maximum Gasteiger partial charge on any atom is 0.165 e. The number of methoxy groups -OCH3 is 1. The lowest BCUT2D eigenvalue weighted by atomic mass is 10.2. The van der Waals surface area contributed by atoms with Gasteiger partial charge in [-0.25, -0.2) is 4.39 Å². The third kappa shape index (κ3) is 4.16. The number of ether oxygens (including phenoxy) is 3. The Morgan fingerprint density at radius 1 is 1.42 bits per heavy atom. The lowest BCUT2D eigenvalue weighted by molar-refractivity contribution is -0.0962. The molecule has 0 aromatic heterocycles. The quantitative estimate of drug-likeness (QED) is 0.814. The molecule has 0 unspecified atom stereocenters. The minimum absolute atomic E-state index is 0.0989. The van der Waals surface area contributed by atoms with Crippen molar-refractivity contribution in [3.05, 3.63) is 29.6 Å². The zero-order chi connectivity index (χ0) is 13.7. The van der Waals surface area contributed by atoms with E-state index >= 15 is 0 Å². The molecule has 0 N–H and O–H groups in total. The van der Waals surface area contributed by atoms with Crippen LogP contribution in [0, 0.1) is 5.82 Å². The third-order valence-electron chi connectivity index (χ3n) is 3.07. The Hall–Kier alpha value is -1.17. The summed E-state index contributed by atoms with van der Waals surface area (Å²) in [5, 5.41) is 0. The van der Waals surface area contributed by atoms with E-state index in [0.29, 0.717) is 26.4 Å². The minimum atomic E-state index is -0.328. The van der Waals surface area contributed by atoms with Crippen LogP contribution in [0.1, 0.15) is 5.56 Å². The van der Waals surface area contributed by atoms with Crippen LogP contribution in [-0.2, 0) is 16.0 Å². The van der Waals surface area contributed by atoms with Gasteiger partial charge in [-0.05, 0) is 24.7 Å². The van der Waals surface area contributed by atoms with Crippen LogP contribution in [0.4, 0.5) is 4.39 Å². The second-order valence-corrected chi connectivity index (χ2v) is 4.73. The van der Waals surface area contributed by atoms with Gasteiger partial charge < -0.3 is 14.2 Å². The molecule has 2 rings (SSSR count). The van der Waals surface area contributed by atoms with Gasteiger partial charge in [-0.2, -0.15) is 0 Å². The number of rotatable bonds is 5. The molecule has 0 radical (unpaired) electrons. The standard InChI is InChI=1S/C14H20FNO3/c1-16(9-12-10-18-5-6-19-12)8-11-3-4-14(17-2)13(15)7-11/h3-4,7,12H,5-6,8-10H2,1-2H3/t12-/m0/s1. The molecular formula is C14H20FNO3. The molecule has 1 aromatic rings. The smallest absolute Gasteiger partial charge is 0.165 e. The largest absolute Gasteiger partial charge is 0.494 e. The summed E-state index contributed by atoms with van der Waals surface area (Å²) in [6.45, 7) is 3.38. The van der Waals surface area contributed by atoms with Gasteiger partial charge in [0.15, 0.2) is 11.6 Å². The molecule has 0 saturated carbocycles. The lowest BCUT2D eigenvalue weighted by Gasteiger charge is -2.27. The molecule has 1 atom stereocenters. The van der Waals surface area contributed by atoms with E-state index in [1.807, 2.05) is 13.1 Å². The fraction of sp³-hybridized carbons (Fsp3) is 0.571. The van der Waals surface area contributed by atoms with Gasteiger partial charge in [0.2, 0.25) is 0 Å². The van der Waals surface area contributed by atoms with Crippen LogP contribution in [0.25, 0.3) is 0 Å². The molecule has 0 amide bonds. The number of hydrogen-bond donors (Lipinski definition) is 0. The first-order valence-electron chi connectivity index (χ1n) is 6.39. The Balaban J connectivity index is 1.87. The van der Waals surface area contributed by atoms with E-state index in [0.717, 1.165) is 12.1 Å². The van der Waals surface area contributed by atoms with Crippen molar-refractivity contribution in [3.63, 3.8) is 0 Å². The van der Waals surface area contributed by atoms with Gasteiger partial charge in [0.1, 0.15) is 0 Å². The summed E-state index contributed by atoms with van der Waals surface area (Å²) in [6.07, 6.45) is 0.0989. The summed E-state index contributed by atoms with van der Waals surface area (Å²) in [5.41, 5.74) is 0.914. The lowest BCUT2D eigenvalue weighted by Crippen LogP contribution is -2.38. The molecule has 0 bridgehead atoms. The summed E-state index contributed by atoms with van der Waals surface area (Å²) in [7, 11) is 3.45. The zero-order valence-corrected chi connectivity index (χ0v) is 11.4. The molecule has 0 spiro atoms. The van der Waals surface area contributed by atoms with Gasteiger partial charge in [-0.15, -0.1) is 0 Å². The first-order valence-corrected chi connectivity index (χ1v) is 6.39. The van der Waals surface area contributed by atoms with Crippen LogP contribution < -0.4 is 4.74 Å². The van der Waals surface area contributed by atoms with Crippen LogP contribution in [0.5, 0.6) is 5.75 Å². The molecule has 0 aliphatic carbocycles. The van der Waals surface area contributed by atoms with E-state index in [1.54, 1.807) is 6.07 Å². The summed E-state index contributed by atoms with van der Waals surface area (Å²) in [5.74, 6) is -0.0546. The molecule has 19 heavy (non-hydrogen) atoms. The normalized spacial score (nSPS) is 19.7. The van der Waals surface area contributed by atoms with Crippen LogP contribution in [-0.4, -0.2) is 51.5 Å². The SMILES string of the molecule is COc1ccc(CN(C)C[C@H]2COCCO2)cc1F. The average Bonchev–Trinajstić information content (AvgIpc) is 2.40. The van der Waals surface area contributed by atoms with Crippen molar-refractivity contribution in [1.29, 1.82) is 0 Å². The van der Waals surface area contributed by atoms with Crippen molar-refractivity contribution in [2.75, 3.05) is 40.5 Å². The van der Waals surface area contributed by atoms with E-state index in [-0.39, 0.29) is 17.7 Å². The highest BCUT2D eigenvalue weighted by Gasteiger charge is 2.16. The topological polar surface area (TPSA) is 30.9 Å². The molecule has 106 valence electrons. The van der Waals surface area contributed by atoms with Crippen LogP contribution in [0.3, 0.4) is 0 Å².